The number of halogens is 1. The van der Waals surface area contributed by atoms with Crippen molar-refractivity contribution in [2.24, 2.45) is 0 Å². The quantitative estimate of drug-likeness (QED) is 0.497. The normalized spacial score (nSPS) is 10.4. The van der Waals surface area contributed by atoms with Gasteiger partial charge in [0.1, 0.15) is 5.75 Å². The summed E-state index contributed by atoms with van der Waals surface area (Å²) < 4.78 is 5.22. The van der Waals surface area contributed by atoms with Gasteiger partial charge >= 0.3 is 0 Å². The molecule has 0 saturated heterocycles. The molecule has 0 aliphatic carbocycles. The molecule has 0 radical (unpaired) electrons. The maximum atomic E-state index is 5.22. The summed E-state index contributed by atoms with van der Waals surface area (Å²) in [5.74, 6) is 0.847. The first-order valence-corrected chi connectivity index (χ1v) is 7.54. The third-order valence-corrected chi connectivity index (χ3v) is 3.95. The van der Waals surface area contributed by atoms with Gasteiger partial charge in [-0.3, -0.25) is 0 Å². The van der Waals surface area contributed by atoms with Crippen LogP contribution in [0.1, 0.15) is 0 Å². The Morgan fingerprint density at radius 2 is 1.29 bits per heavy atom. The van der Waals surface area contributed by atoms with Crippen molar-refractivity contribution in [2.75, 3.05) is 12.4 Å². The van der Waals surface area contributed by atoms with Crippen LogP contribution in [-0.2, 0) is 0 Å². The highest BCUT2D eigenvalue weighted by Crippen LogP contribution is 2.33. The van der Waals surface area contributed by atoms with Crippen LogP contribution in [0.15, 0.2) is 72.8 Å². The molecule has 120 valence electrons. The molecule has 0 atom stereocenters. The fourth-order valence-electron chi connectivity index (χ4n) is 2.79. The molecule has 0 bridgehead atoms. The first kappa shape index (κ1) is 16.1. The van der Waals surface area contributed by atoms with E-state index in [9.17, 15) is 0 Å². The Bertz CT molecular complexity index is 930. The zero-order valence-electron chi connectivity index (χ0n) is 13.2. The maximum Gasteiger partial charge on any atom is 0.119 e. The number of pyridine rings is 1. The van der Waals surface area contributed by atoms with E-state index in [1.54, 1.807) is 7.11 Å². The van der Waals surface area contributed by atoms with E-state index in [0.717, 1.165) is 38.9 Å². The zero-order valence-corrected chi connectivity index (χ0v) is 14.0. The van der Waals surface area contributed by atoms with Gasteiger partial charge in [0.15, 0.2) is 0 Å². The van der Waals surface area contributed by atoms with Crippen molar-refractivity contribution in [3.8, 4) is 5.75 Å². The summed E-state index contributed by atoms with van der Waals surface area (Å²) in [7, 11) is 1.67. The number of hydrogen-bond acceptors (Lipinski definition) is 3. The van der Waals surface area contributed by atoms with E-state index in [1.807, 2.05) is 60.7 Å². The number of methoxy groups -OCH3 is 1. The lowest BCUT2D eigenvalue weighted by Gasteiger charge is -2.13. The average Bonchev–Trinajstić information content (AvgIpc) is 2.62. The van der Waals surface area contributed by atoms with Crippen LogP contribution in [0.25, 0.3) is 21.8 Å². The summed E-state index contributed by atoms with van der Waals surface area (Å²) in [4.78, 5) is 4.75. The molecular formula is C20H17ClN2O. The minimum Gasteiger partial charge on any atom is -0.497 e. The molecule has 1 N–H and O–H groups in total. The first-order valence-electron chi connectivity index (χ1n) is 7.54. The molecule has 0 aliphatic rings. The van der Waals surface area contributed by atoms with Crippen molar-refractivity contribution >= 4 is 45.6 Å². The number of nitrogens with zero attached hydrogens (tertiary/aromatic N) is 1. The topological polar surface area (TPSA) is 34.1 Å². The van der Waals surface area contributed by atoms with Gasteiger partial charge in [-0.1, -0.05) is 36.4 Å². The van der Waals surface area contributed by atoms with Crippen LogP contribution in [0.4, 0.5) is 11.4 Å². The van der Waals surface area contributed by atoms with Gasteiger partial charge < -0.3 is 10.1 Å². The van der Waals surface area contributed by atoms with E-state index in [0.29, 0.717) is 0 Å². The highest BCUT2D eigenvalue weighted by molar-refractivity contribution is 6.08. The predicted octanol–water partition coefficient (Wildman–Crippen LogP) is 5.56. The Labute approximate surface area is 146 Å². The Morgan fingerprint density at radius 1 is 0.750 bits per heavy atom. The molecule has 0 saturated carbocycles. The van der Waals surface area contributed by atoms with E-state index in [4.69, 9.17) is 9.72 Å². The highest BCUT2D eigenvalue weighted by Gasteiger charge is 2.08. The van der Waals surface area contributed by atoms with Gasteiger partial charge in [-0.15, -0.1) is 12.4 Å². The molecule has 0 fully saturated rings. The second kappa shape index (κ2) is 6.77. The van der Waals surface area contributed by atoms with E-state index in [1.165, 1.54) is 0 Å². The average molecular weight is 337 g/mol. The lowest BCUT2D eigenvalue weighted by atomic mass is 10.1. The van der Waals surface area contributed by atoms with Crippen molar-refractivity contribution in [2.45, 2.75) is 0 Å². The summed E-state index contributed by atoms with van der Waals surface area (Å²) in [6, 6.07) is 24.3. The van der Waals surface area contributed by atoms with E-state index < -0.39 is 0 Å². The van der Waals surface area contributed by atoms with Gasteiger partial charge in [-0.05, 0) is 36.4 Å². The third kappa shape index (κ3) is 2.86. The number of rotatable bonds is 3. The molecule has 0 unspecified atom stereocenters. The zero-order chi connectivity index (χ0) is 15.6. The first-order chi connectivity index (χ1) is 11.3. The van der Waals surface area contributed by atoms with Crippen molar-refractivity contribution in [1.29, 1.82) is 0 Å². The van der Waals surface area contributed by atoms with Crippen LogP contribution in [0.5, 0.6) is 5.75 Å². The van der Waals surface area contributed by atoms with Crippen LogP contribution < -0.4 is 10.1 Å². The molecule has 24 heavy (non-hydrogen) atoms. The molecule has 4 heteroatoms. The summed E-state index contributed by atoms with van der Waals surface area (Å²) in [6.45, 7) is 0. The summed E-state index contributed by atoms with van der Waals surface area (Å²) in [5.41, 5.74) is 4.08. The van der Waals surface area contributed by atoms with Crippen LogP contribution in [-0.4, -0.2) is 12.1 Å². The van der Waals surface area contributed by atoms with Crippen molar-refractivity contribution in [1.82, 2.24) is 4.98 Å². The standard InChI is InChI=1S/C20H16N2O.ClH/c1-23-15-12-10-14(11-13-15)21-20-16-6-2-4-8-18(16)22-19-9-5-3-7-17(19)20;/h2-13H,1H3,(H,21,22);1H. The Kier molecular flexibility index (Phi) is 4.54. The Balaban J connectivity index is 0.00000169. The number of hydrogen-bond donors (Lipinski definition) is 1. The molecule has 1 heterocycles. The molecule has 4 rings (SSSR count). The van der Waals surface area contributed by atoms with E-state index >= 15 is 0 Å². The number of nitrogens with one attached hydrogen (secondary N) is 1. The molecule has 3 aromatic carbocycles. The van der Waals surface area contributed by atoms with Gasteiger partial charge in [-0.25, -0.2) is 4.98 Å². The lowest BCUT2D eigenvalue weighted by molar-refractivity contribution is 0.415. The van der Waals surface area contributed by atoms with Crippen LogP contribution in [0.2, 0.25) is 0 Å². The summed E-state index contributed by atoms with van der Waals surface area (Å²) in [5, 5.41) is 5.77. The summed E-state index contributed by atoms with van der Waals surface area (Å²) in [6.07, 6.45) is 0. The second-order valence-electron chi connectivity index (χ2n) is 5.37. The van der Waals surface area contributed by atoms with Crippen molar-refractivity contribution < 1.29 is 4.74 Å². The summed E-state index contributed by atoms with van der Waals surface area (Å²) >= 11 is 0. The number of aromatic nitrogens is 1. The van der Waals surface area contributed by atoms with Gasteiger partial charge in [0.25, 0.3) is 0 Å². The van der Waals surface area contributed by atoms with Gasteiger partial charge in [0.2, 0.25) is 0 Å². The fourth-order valence-corrected chi connectivity index (χ4v) is 2.79. The van der Waals surface area contributed by atoms with E-state index in [2.05, 4.69) is 17.4 Å². The fraction of sp³-hybridized carbons (Fsp3) is 0.0500. The van der Waals surface area contributed by atoms with Crippen molar-refractivity contribution in [3.63, 3.8) is 0 Å². The monoisotopic (exact) mass is 336 g/mol. The van der Waals surface area contributed by atoms with Crippen LogP contribution >= 0.6 is 12.4 Å². The molecule has 1 aromatic heterocycles. The van der Waals surface area contributed by atoms with Gasteiger partial charge in [-0.2, -0.15) is 0 Å². The van der Waals surface area contributed by atoms with E-state index in [-0.39, 0.29) is 12.4 Å². The predicted molar refractivity (Wildman–Crippen MR) is 103 cm³/mol. The Morgan fingerprint density at radius 3 is 1.83 bits per heavy atom. The number of para-hydroxylation sites is 2. The van der Waals surface area contributed by atoms with Crippen molar-refractivity contribution in [3.05, 3.63) is 72.8 Å². The van der Waals surface area contributed by atoms with Gasteiger partial charge in [0, 0.05) is 16.5 Å². The molecular weight excluding hydrogens is 320 g/mol. The highest BCUT2D eigenvalue weighted by atomic mass is 35.5. The van der Waals surface area contributed by atoms with Crippen LogP contribution in [0, 0.1) is 0 Å². The second-order valence-corrected chi connectivity index (χ2v) is 5.37. The SMILES string of the molecule is COc1ccc(Nc2c3ccccc3nc3ccccc23)cc1.Cl. The number of ether oxygens (including phenoxy) is 1. The minimum absolute atomic E-state index is 0. The minimum atomic E-state index is 0. The third-order valence-electron chi connectivity index (χ3n) is 3.95. The molecule has 0 amide bonds. The molecule has 0 spiro atoms. The van der Waals surface area contributed by atoms with Gasteiger partial charge in [0.05, 0.1) is 23.8 Å². The number of fused-ring (bicyclic) bond motifs is 2. The van der Waals surface area contributed by atoms with Crippen LogP contribution in [0.3, 0.4) is 0 Å². The smallest absolute Gasteiger partial charge is 0.119 e. The number of anilines is 2. The Hall–Kier alpha value is -2.78. The lowest BCUT2D eigenvalue weighted by Crippen LogP contribution is -1.95. The largest absolute Gasteiger partial charge is 0.497 e. The molecule has 3 nitrogen and oxygen atoms in total. The molecule has 4 aromatic rings. The molecule has 0 aliphatic heterocycles. The number of benzene rings is 3. The maximum absolute atomic E-state index is 5.22.